The number of carbonyl (C=O) groups excluding carboxylic acids is 1. The van der Waals surface area contributed by atoms with E-state index < -0.39 is 17.7 Å². The molecule has 3 aliphatic heterocycles. The number of hydrogen-bond acceptors (Lipinski definition) is 11. The predicted molar refractivity (Wildman–Crippen MR) is 189 cm³/mol. The van der Waals surface area contributed by atoms with Crippen molar-refractivity contribution in [3.8, 4) is 47.3 Å². The number of ether oxygens (including phenoxy) is 3. The van der Waals surface area contributed by atoms with Gasteiger partial charge in [-0.1, -0.05) is 12.0 Å². The summed E-state index contributed by atoms with van der Waals surface area (Å²) in [6.07, 6.45) is 9.97. The van der Waals surface area contributed by atoms with Crippen molar-refractivity contribution in [2.45, 2.75) is 44.2 Å². The third kappa shape index (κ3) is 5.76. The van der Waals surface area contributed by atoms with Crippen molar-refractivity contribution < 1.29 is 32.9 Å². The molecule has 3 saturated heterocycles. The summed E-state index contributed by atoms with van der Waals surface area (Å²) in [7, 11) is 1.40. The predicted octanol–water partition coefficient (Wildman–Crippen LogP) is 5.24. The van der Waals surface area contributed by atoms with E-state index in [2.05, 4.69) is 20.8 Å². The summed E-state index contributed by atoms with van der Waals surface area (Å²) in [5, 5.41) is 20.5. The van der Waals surface area contributed by atoms with Crippen LogP contribution in [0.5, 0.6) is 17.6 Å². The van der Waals surface area contributed by atoms with E-state index in [9.17, 15) is 9.90 Å². The van der Waals surface area contributed by atoms with Gasteiger partial charge >= 0.3 is 12.1 Å². The number of aromatic hydroxyl groups is 1. The number of likely N-dealkylation sites (tertiary alicyclic amines) is 1. The Labute approximate surface area is 304 Å². The maximum atomic E-state index is 17.2. The molecule has 2 bridgehead atoms. The summed E-state index contributed by atoms with van der Waals surface area (Å²) in [5.74, 6) is 2.63. The van der Waals surface area contributed by atoms with E-state index in [1.165, 1.54) is 37.8 Å². The number of halogens is 2. The van der Waals surface area contributed by atoms with Gasteiger partial charge in [0.15, 0.2) is 12.4 Å². The zero-order valence-corrected chi connectivity index (χ0v) is 29.1. The van der Waals surface area contributed by atoms with Crippen LogP contribution in [0.1, 0.15) is 37.7 Å². The third-order valence-corrected chi connectivity index (χ3v) is 11.7. The van der Waals surface area contributed by atoms with Crippen LogP contribution < -0.4 is 14.4 Å². The van der Waals surface area contributed by atoms with Gasteiger partial charge in [0.1, 0.15) is 40.1 Å². The fourth-order valence-corrected chi connectivity index (χ4v) is 8.86. The van der Waals surface area contributed by atoms with E-state index in [0.717, 1.165) is 44.3 Å². The average molecular weight is 722 g/mol. The Morgan fingerprint density at radius 2 is 1.83 bits per heavy atom. The summed E-state index contributed by atoms with van der Waals surface area (Å²) in [6.45, 7) is 3.90. The summed E-state index contributed by atoms with van der Waals surface area (Å²) in [4.78, 5) is 33.2. The molecule has 12 nitrogen and oxygen atoms in total. The number of amides is 1. The second-order valence-corrected chi connectivity index (χ2v) is 15.1. The molecule has 5 aliphatic rings. The molecule has 2 saturated carbocycles. The standard InChI is InChI=1S/C39H37F2N7O5/c1-3-27-29(40)7-4-21-13-26(49)14-28(30(21)27)33-32(41)34-31(36(43-33)51-2)35(47-17-24-5-6-25(18-47)48(24)38(50)52-11-10-42)45-37(44-34)53-20-39(8-9-39)19-46-15-22-12-23(22)16-46/h1,4,7,13-14,22-25,49H,5-6,8-9,11-12,15-20H2,2H3. The van der Waals surface area contributed by atoms with E-state index in [-0.39, 0.29) is 74.9 Å². The van der Waals surface area contributed by atoms with Gasteiger partial charge in [-0.3, -0.25) is 4.90 Å². The van der Waals surface area contributed by atoms with Crippen LogP contribution in [0.25, 0.3) is 32.9 Å². The van der Waals surface area contributed by atoms with Crippen LogP contribution in [0.15, 0.2) is 24.3 Å². The number of benzene rings is 2. The normalized spacial score (nSPS) is 23.8. The number of hydrogen-bond donors (Lipinski definition) is 1. The SMILES string of the molecule is C#Cc1c(F)ccc2cc(O)cc(-c3nc(OC)c4c(N5CC6CCC(C5)N6C(=O)OCC#N)nc(OCC5(CN6CC7CC7C6)CC5)nc4c3F)c12. The van der Waals surface area contributed by atoms with Crippen LogP contribution >= 0.6 is 0 Å². The summed E-state index contributed by atoms with van der Waals surface area (Å²) >= 11 is 0. The van der Waals surface area contributed by atoms with Crippen LogP contribution in [-0.4, -0.2) is 101 Å². The number of pyridine rings is 1. The number of phenols is 1. The van der Waals surface area contributed by atoms with Crippen molar-refractivity contribution in [1.82, 2.24) is 24.8 Å². The number of phenolic OH excluding ortho intramolecular Hbond substituents is 1. The Morgan fingerprint density at radius 1 is 1.08 bits per heavy atom. The van der Waals surface area contributed by atoms with E-state index in [1.54, 1.807) is 4.90 Å². The highest BCUT2D eigenvalue weighted by molar-refractivity contribution is 6.04. The molecule has 0 radical (unpaired) electrons. The Bertz CT molecular complexity index is 2250. The molecule has 5 fully saturated rings. The molecule has 4 aromatic rings. The minimum Gasteiger partial charge on any atom is -0.508 e. The van der Waals surface area contributed by atoms with Crippen LogP contribution in [-0.2, 0) is 4.74 Å². The maximum absolute atomic E-state index is 17.2. The molecular weight excluding hydrogens is 684 g/mol. The van der Waals surface area contributed by atoms with Crippen molar-refractivity contribution in [1.29, 1.82) is 5.26 Å². The fourth-order valence-electron chi connectivity index (χ4n) is 8.86. The number of rotatable bonds is 9. The zero-order chi connectivity index (χ0) is 36.6. The number of anilines is 1. The monoisotopic (exact) mass is 721 g/mol. The lowest BCUT2D eigenvalue weighted by atomic mass is 9.95. The number of methoxy groups -OCH3 is 1. The number of fused-ring (bicyclic) bond motifs is 5. The summed E-state index contributed by atoms with van der Waals surface area (Å²) in [5.41, 5.74) is -0.439. The lowest BCUT2D eigenvalue weighted by molar-refractivity contribution is 0.0877. The number of piperidine rings is 1. The van der Waals surface area contributed by atoms with E-state index in [0.29, 0.717) is 43.7 Å². The van der Waals surface area contributed by atoms with Gasteiger partial charge in [-0.2, -0.15) is 15.2 Å². The van der Waals surface area contributed by atoms with Crippen LogP contribution in [0.2, 0.25) is 0 Å². The minimum absolute atomic E-state index is 0.00238. The summed E-state index contributed by atoms with van der Waals surface area (Å²) < 4.78 is 49.6. The second kappa shape index (κ2) is 12.6. The molecule has 4 atom stereocenters. The van der Waals surface area contributed by atoms with Crippen molar-refractivity contribution in [2.24, 2.45) is 17.3 Å². The first kappa shape index (κ1) is 33.4. The molecule has 2 aromatic carbocycles. The molecule has 2 aliphatic carbocycles. The number of carbonyl (C=O) groups is 1. The highest BCUT2D eigenvalue weighted by atomic mass is 19.1. The number of terminal acetylenes is 1. The van der Waals surface area contributed by atoms with Gasteiger partial charge in [0.2, 0.25) is 5.88 Å². The van der Waals surface area contributed by atoms with Gasteiger partial charge < -0.3 is 29.1 Å². The highest BCUT2D eigenvalue weighted by Gasteiger charge is 2.51. The number of piperazine rings is 1. The molecule has 14 heteroatoms. The molecule has 0 spiro atoms. The molecule has 9 rings (SSSR count). The molecule has 272 valence electrons. The molecular formula is C39H37F2N7O5. The minimum atomic E-state index is -0.854. The first-order chi connectivity index (χ1) is 25.7. The maximum Gasteiger partial charge on any atom is 0.411 e. The van der Waals surface area contributed by atoms with Gasteiger partial charge in [-0.25, -0.2) is 18.6 Å². The third-order valence-electron chi connectivity index (χ3n) is 11.7. The average Bonchev–Trinajstić information content (AvgIpc) is 4.04. The molecule has 5 heterocycles. The molecule has 1 N–H and O–H groups in total. The van der Waals surface area contributed by atoms with Crippen LogP contribution in [0, 0.1) is 52.6 Å². The van der Waals surface area contributed by atoms with Crippen LogP contribution in [0.4, 0.5) is 19.4 Å². The van der Waals surface area contributed by atoms with Crippen molar-refractivity contribution in [2.75, 3.05) is 57.9 Å². The first-order valence-electron chi connectivity index (χ1n) is 18.0. The second-order valence-electron chi connectivity index (χ2n) is 15.1. The molecule has 2 aromatic heterocycles. The Kier molecular flexibility index (Phi) is 7.93. The van der Waals surface area contributed by atoms with Gasteiger partial charge in [-0.15, -0.1) is 6.42 Å². The van der Waals surface area contributed by atoms with Gasteiger partial charge in [0.05, 0.1) is 31.4 Å². The fraction of sp³-hybridized carbons (Fsp3) is 0.462. The quantitative estimate of drug-likeness (QED) is 0.227. The van der Waals surface area contributed by atoms with Crippen molar-refractivity contribution >= 4 is 33.6 Å². The van der Waals surface area contributed by atoms with E-state index in [4.69, 9.17) is 30.9 Å². The zero-order valence-electron chi connectivity index (χ0n) is 29.1. The largest absolute Gasteiger partial charge is 0.508 e. The Morgan fingerprint density at radius 3 is 2.51 bits per heavy atom. The van der Waals surface area contributed by atoms with Crippen LogP contribution in [0.3, 0.4) is 0 Å². The Hall–Kier alpha value is -5.47. The van der Waals surface area contributed by atoms with E-state index >= 15 is 8.78 Å². The highest BCUT2D eigenvalue weighted by Crippen LogP contribution is 2.51. The van der Waals surface area contributed by atoms with Crippen molar-refractivity contribution in [3.63, 3.8) is 0 Å². The smallest absolute Gasteiger partial charge is 0.411 e. The molecule has 53 heavy (non-hydrogen) atoms. The molecule has 1 amide bonds. The lowest BCUT2D eigenvalue weighted by Crippen LogP contribution is -2.56. The Balaban J connectivity index is 1.15. The van der Waals surface area contributed by atoms with Crippen molar-refractivity contribution in [3.05, 3.63) is 41.5 Å². The number of nitrogens with zero attached hydrogens (tertiary/aromatic N) is 7. The summed E-state index contributed by atoms with van der Waals surface area (Å²) in [6, 6.07) is 6.72. The lowest BCUT2D eigenvalue weighted by Gasteiger charge is -2.41. The first-order valence-corrected chi connectivity index (χ1v) is 18.0. The molecule has 4 unspecified atom stereocenters. The van der Waals surface area contributed by atoms with Gasteiger partial charge in [-0.05, 0) is 67.5 Å². The number of nitriles is 1. The van der Waals surface area contributed by atoms with Gasteiger partial charge in [0.25, 0.3) is 0 Å². The van der Waals surface area contributed by atoms with E-state index in [1.807, 2.05) is 11.0 Å². The number of aromatic nitrogens is 3. The van der Waals surface area contributed by atoms with Gasteiger partial charge in [0, 0.05) is 49.1 Å². The topological polar surface area (TPSA) is 137 Å².